The lowest BCUT2D eigenvalue weighted by atomic mass is 9.97. The van der Waals surface area contributed by atoms with Crippen LogP contribution in [0.3, 0.4) is 0 Å². The van der Waals surface area contributed by atoms with Gasteiger partial charge in [0.15, 0.2) is 0 Å². The normalized spacial score (nSPS) is 11.2. The molecule has 292 valence electrons. The molecular weight excluding hydrogens is 751 g/mol. The molecule has 0 atom stereocenters. The molecule has 0 unspecified atom stereocenters. The second kappa shape index (κ2) is 16.1. The first-order chi connectivity index (χ1) is 30.7. The van der Waals surface area contributed by atoms with E-state index in [2.05, 4.69) is 241 Å². The summed E-state index contributed by atoms with van der Waals surface area (Å²) >= 11 is 0. The molecule has 0 aliphatic carbocycles. The number of fused-ring (bicyclic) bond motifs is 3. The predicted molar refractivity (Wildman–Crippen MR) is 261 cm³/mol. The summed E-state index contributed by atoms with van der Waals surface area (Å²) in [7, 11) is 0. The molecule has 0 aliphatic rings. The van der Waals surface area contributed by atoms with Crippen molar-refractivity contribution >= 4 is 39.0 Å². The molecule has 0 aliphatic heterocycles. The zero-order valence-electron chi connectivity index (χ0n) is 34.0. The average molecular weight is 792 g/mol. The minimum absolute atomic E-state index is 0.866. The summed E-state index contributed by atoms with van der Waals surface area (Å²) in [6, 6.07) is 89.0. The average Bonchev–Trinajstić information content (AvgIpc) is 3.73. The topological polar surface area (TPSA) is 16.4 Å². The van der Waals surface area contributed by atoms with Gasteiger partial charge in [0.25, 0.3) is 0 Å². The lowest BCUT2D eigenvalue weighted by Crippen LogP contribution is -2.09. The summed E-state index contributed by atoms with van der Waals surface area (Å²) in [5, 5.41) is 2.24. The van der Waals surface area contributed by atoms with Crippen LogP contribution >= 0.6 is 0 Å². The van der Waals surface area contributed by atoms with E-state index < -0.39 is 0 Å². The molecule has 10 aromatic carbocycles. The van der Waals surface area contributed by atoms with Crippen LogP contribution in [0.5, 0.6) is 0 Å². The minimum atomic E-state index is 0.866. The molecule has 0 amide bonds. The SMILES string of the molecule is c1ccc(-c2cccc(-c3ccc(-c4ccc(N(c5ccc(-c6ccc(-c7cccc(-c8ccccc8)c7)cc6)cc5)c5ccc6c(c5)oc5ccccc56)cc4)cc3)c2)cc1. The van der Waals surface area contributed by atoms with Crippen LogP contribution < -0.4 is 4.90 Å². The maximum Gasteiger partial charge on any atom is 0.137 e. The molecule has 2 heteroatoms. The number of hydrogen-bond donors (Lipinski definition) is 0. The molecule has 1 heterocycles. The third-order valence-electron chi connectivity index (χ3n) is 11.9. The molecule has 0 saturated heterocycles. The molecule has 1 aromatic heterocycles. The number of furan rings is 1. The van der Waals surface area contributed by atoms with Crippen molar-refractivity contribution in [3.8, 4) is 66.8 Å². The van der Waals surface area contributed by atoms with E-state index in [4.69, 9.17) is 4.42 Å². The molecule has 0 fully saturated rings. The lowest BCUT2D eigenvalue weighted by molar-refractivity contribution is 0.669. The highest BCUT2D eigenvalue weighted by Gasteiger charge is 2.16. The maximum absolute atomic E-state index is 6.38. The summed E-state index contributed by atoms with van der Waals surface area (Å²) in [4.78, 5) is 2.31. The first-order valence-corrected chi connectivity index (χ1v) is 21.1. The highest BCUT2D eigenvalue weighted by Crippen LogP contribution is 2.40. The van der Waals surface area contributed by atoms with Crippen molar-refractivity contribution in [1.29, 1.82) is 0 Å². The van der Waals surface area contributed by atoms with Crippen LogP contribution in [0, 0.1) is 0 Å². The third-order valence-corrected chi connectivity index (χ3v) is 11.9. The fourth-order valence-corrected chi connectivity index (χ4v) is 8.63. The third kappa shape index (κ3) is 7.25. The van der Waals surface area contributed by atoms with E-state index in [-0.39, 0.29) is 0 Å². The molecule has 0 spiro atoms. The van der Waals surface area contributed by atoms with Gasteiger partial charge in [0.05, 0.1) is 0 Å². The first-order valence-electron chi connectivity index (χ1n) is 21.1. The Bertz CT molecular complexity index is 3120. The van der Waals surface area contributed by atoms with E-state index in [1.165, 1.54) is 55.6 Å². The van der Waals surface area contributed by atoms with Crippen LogP contribution in [0.1, 0.15) is 0 Å². The van der Waals surface area contributed by atoms with Gasteiger partial charge in [-0.05, 0) is 121 Å². The molecule has 62 heavy (non-hydrogen) atoms. The lowest BCUT2D eigenvalue weighted by Gasteiger charge is -2.26. The second-order valence-electron chi connectivity index (χ2n) is 15.8. The maximum atomic E-state index is 6.38. The van der Waals surface area contributed by atoms with Crippen LogP contribution in [0.4, 0.5) is 17.1 Å². The standard InChI is InChI=1S/C60H41NO/c1-3-11-42(12-4-1)50-15-9-17-52(39-50)48-25-21-44(22-26-48)46-29-33-54(34-30-46)61(56-37-38-58-57-19-7-8-20-59(57)62-60(58)41-56)55-35-31-47(32-36-55)45-23-27-49(28-24-45)53-18-10-16-51(40-53)43-13-5-2-6-14-43/h1-41H. The Morgan fingerprint density at radius 1 is 0.210 bits per heavy atom. The quantitative estimate of drug-likeness (QED) is 0.145. The smallest absolute Gasteiger partial charge is 0.137 e. The summed E-state index contributed by atoms with van der Waals surface area (Å²) in [6.07, 6.45) is 0. The van der Waals surface area contributed by atoms with Crippen LogP contribution in [0.25, 0.3) is 88.7 Å². The van der Waals surface area contributed by atoms with Crippen LogP contribution in [0.15, 0.2) is 253 Å². The molecular formula is C60H41NO. The van der Waals surface area contributed by atoms with Crippen molar-refractivity contribution in [3.05, 3.63) is 249 Å². The predicted octanol–water partition coefficient (Wildman–Crippen LogP) is 17.1. The fourth-order valence-electron chi connectivity index (χ4n) is 8.63. The number of hydrogen-bond acceptors (Lipinski definition) is 2. The summed E-state index contributed by atoms with van der Waals surface area (Å²) in [6.45, 7) is 0. The summed E-state index contributed by atoms with van der Waals surface area (Å²) in [5.41, 5.74) is 19.3. The molecule has 0 saturated carbocycles. The van der Waals surface area contributed by atoms with Crippen LogP contribution in [-0.2, 0) is 0 Å². The van der Waals surface area contributed by atoms with Crippen molar-refractivity contribution in [1.82, 2.24) is 0 Å². The molecule has 2 nitrogen and oxygen atoms in total. The Morgan fingerprint density at radius 3 is 0.984 bits per heavy atom. The van der Waals surface area contributed by atoms with E-state index in [1.54, 1.807) is 0 Å². The number of benzene rings is 10. The van der Waals surface area contributed by atoms with Gasteiger partial charge in [-0.15, -0.1) is 0 Å². The number of para-hydroxylation sites is 1. The van der Waals surface area contributed by atoms with E-state index in [0.29, 0.717) is 0 Å². The molecule has 0 radical (unpaired) electrons. The van der Waals surface area contributed by atoms with Crippen molar-refractivity contribution in [2.45, 2.75) is 0 Å². The number of anilines is 3. The Hall–Kier alpha value is -8.20. The van der Waals surface area contributed by atoms with Crippen molar-refractivity contribution < 1.29 is 4.42 Å². The van der Waals surface area contributed by atoms with E-state index in [1.807, 2.05) is 12.1 Å². The van der Waals surface area contributed by atoms with Gasteiger partial charge in [-0.25, -0.2) is 0 Å². The molecule has 0 bridgehead atoms. The Labute approximate surface area is 362 Å². The monoisotopic (exact) mass is 791 g/mol. The van der Waals surface area contributed by atoms with E-state index in [0.717, 1.165) is 50.1 Å². The highest BCUT2D eigenvalue weighted by atomic mass is 16.3. The fraction of sp³-hybridized carbons (Fsp3) is 0. The van der Waals surface area contributed by atoms with Crippen molar-refractivity contribution in [2.75, 3.05) is 4.90 Å². The van der Waals surface area contributed by atoms with Crippen LogP contribution in [0.2, 0.25) is 0 Å². The van der Waals surface area contributed by atoms with E-state index in [9.17, 15) is 0 Å². The van der Waals surface area contributed by atoms with Gasteiger partial charge >= 0.3 is 0 Å². The van der Waals surface area contributed by atoms with E-state index >= 15 is 0 Å². The number of nitrogens with zero attached hydrogens (tertiary/aromatic N) is 1. The largest absolute Gasteiger partial charge is 0.456 e. The Kier molecular flexibility index (Phi) is 9.57. The van der Waals surface area contributed by atoms with Gasteiger partial charge in [0, 0.05) is 33.9 Å². The van der Waals surface area contributed by atoms with Gasteiger partial charge in [-0.1, -0.05) is 188 Å². The minimum Gasteiger partial charge on any atom is -0.456 e. The van der Waals surface area contributed by atoms with Crippen molar-refractivity contribution in [3.63, 3.8) is 0 Å². The van der Waals surface area contributed by atoms with Gasteiger partial charge in [-0.2, -0.15) is 0 Å². The molecule has 11 rings (SSSR count). The zero-order valence-corrected chi connectivity index (χ0v) is 34.0. The molecule has 0 N–H and O–H groups in total. The first kappa shape index (κ1) is 36.8. The Morgan fingerprint density at radius 2 is 0.532 bits per heavy atom. The van der Waals surface area contributed by atoms with Gasteiger partial charge in [0.2, 0.25) is 0 Å². The summed E-state index contributed by atoms with van der Waals surface area (Å²) < 4.78 is 6.38. The second-order valence-corrected chi connectivity index (χ2v) is 15.8. The van der Waals surface area contributed by atoms with Gasteiger partial charge in [0.1, 0.15) is 11.2 Å². The number of rotatable bonds is 9. The Balaban J connectivity index is 0.891. The summed E-state index contributed by atoms with van der Waals surface area (Å²) in [5.74, 6) is 0. The molecule has 11 aromatic rings. The highest BCUT2D eigenvalue weighted by molar-refractivity contribution is 6.06. The van der Waals surface area contributed by atoms with Crippen LogP contribution in [-0.4, -0.2) is 0 Å². The van der Waals surface area contributed by atoms with Crippen molar-refractivity contribution in [2.24, 2.45) is 0 Å². The van der Waals surface area contributed by atoms with Gasteiger partial charge in [-0.3, -0.25) is 0 Å². The zero-order chi connectivity index (χ0) is 41.2. The van der Waals surface area contributed by atoms with Gasteiger partial charge < -0.3 is 9.32 Å².